The highest BCUT2D eigenvalue weighted by Crippen LogP contribution is 2.25. The Hall–Kier alpha value is -1.71. The summed E-state index contributed by atoms with van der Waals surface area (Å²) in [6.07, 6.45) is 7.00. The van der Waals surface area contributed by atoms with Crippen molar-refractivity contribution in [3.63, 3.8) is 0 Å². The quantitative estimate of drug-likeness (QED) is 0.757. The third kappa shape index (κ3) is 2.89. The lowest BCUT2D eigenvalue weighted by Crippen LogP contribution is -2.11. The second kappa shape index (κ2) is 6.16. The lowest BCUT2D eigenvalue weighted by Gasteiger charge is -2.14. The van der Waals surface area contributed by atoms with E-state index in [1.165, 1.54) is 21.2 Å². The zero-order valence-electron chi connectivity index (χ0n) is 11.3. The maximum Gasteiger partial charge on any atom is 0.0346 e. The van der Waals surface area contributed by atoms with Gasteiger partial charge in [-0.05, 0) is 47.7 Å². The lowest BCUT2D eigenvalue weighted by molar-refractivity contribution is 0.617. The summed E-state index contributed by atoms with van der Waals surface area (Å²) < 4.78 is 0. The molecule has 3 heteroatoms. The number of aryl methyl sites for hydroxylation is 1. The minimum absolute atomic E-state index is 0.0982. The summed E-state index contributed by atoms with van der Waals surface area (Å²) in [6.45, 7) is 0. The number of fused-ring (bicyclic) bond motifs is 1. The molecule has 20 heavy (non-hydrogen) atoms. The average Bonchev–Trinajstić information content (AvgIpc) is 3.00. The van der Waals surface area contributed by atoms with Crippen LogP contribution in [-0.2, 0) is 6.42 Å². The second-order valence-electron chi connectivity index (χ2n) is 5.02. The van der Waals surface area contributed by atoms with Crippen LogP contribution in [0.2, 0.25) is 0 Å². The number of nitrogens with zero attached hydrogens (tertiary/aromatic N) is 1. The normalized spacial score (nSPS) is 12.7. The molecular weight excluding hydrogens is 264 g/mol. The molecular formula is C17H18N2S. The van der Waals surface area contributed by atoms with Crippen molar-refractivity contribution in [1.82, 2.24) is 4.98 Å². The number of benzene rings is 1. The first-order chi connectivity index (χ1) is 9.84. The number of thiophene rings is 1. The van der Waals surface area contributed by atoms with E-state index in [9.17, 15) is 0 Å². The molecule has 0 amide bonds. The number of nitrogens with two attached hydrogens (primary N) is 1. The predicted octanol–water partition coefficient (Wildman–Crippen LogP) is 4.32. The Morgan fingerprint density at radius 2 is 2.10 bits per heavy atom. The largest absolute Gasteiger partial charge is 0.324 e. The molecule has 3 aromatic rings. The number of rotatable bonds is 5. The van der Waals surface area contributed by atoms with Gasteiger partial charge < -0.3 is 5.73 Å². The fourth-order valence-electron chi connectivity index (χ4n) is 2.58. The summed E-state index contributed by atoms with van der Waals surface area (Å²) in [4.78, 5) is 5.61. The number of hydrogen-bond donors (Lipinski definition) is 1. The van der Waals surface area contributed by atoms with E-state index in [1.54, 1.807) is 0 Å². The maximum atomic E-state index is 6.38. The topological polar surface area (TPSA) is 38.9 Å². The fraction of sp³-hybridized carbons (Fsp3) is 0.235. The first kappa shape index (κ1) is 13.3. The van der Waals surface area contributed by atoms with E-state index >= 15 is 0 Å². The van der Waals surface area contributed by atoms with Crippen LogP contribution in [0.25, 0.3) is 10.8 Å². The highest BCUT2D eigenvalue weighted by molar-refractivity contribution is 7.09. The third-order valence-electron chi connectivity index (χ3n) is 3.63. The van der Waals surface area contributed by atoms with Gasteiger partial charge in [0.2, 0.25) is 0 Å². The SMILES string of the molecule is NC(CCCc1cccs1)c1cccc2cnccc12. The Morgan fingerprint density at radius 1 is 1.15 bits per heavy atom. The van der Waals surface area contributed by atoms with Crippen molar-refractivity contribution in [1.29, 1.82) is 0 Å². The van der Waals surface area contributed by atoms with Crippen molar-refractivity contribution in [3.05, 3.63) is 64.6 Å². The molecule has 0 aliphatic rings. The predicted molar refractivity (Wildman–Crippen MR) is 85.9 cm³/mol. The van der Waals surface area contributed by atoms with Gasteiger partial charge in [-0.15, -0.1) is 11.3 Å². The molecule has 2 heterocycles. The van der Waals surface area contributed by atoms with Gasteiger partial charge in [0.15, 0.2) is 0 Å². The van der Waals surface area contributed by atoms with Crippen LogP contribution >= 0.6 is 11.3 Å². The minimum Gasteiger partial charge on any atom is -0.324 e. The molecule has 2 aromatic heterocycles. The number of aromatic nitrogens is 1. The monoisotopic (exact) mass is 282 g/mol. The van der Waals surface area contributed by atoms with Crippen LogP contribution in [-0.4, -0.2) is 4.98 Å². The van der Waals surface area contributed by atoms with Gasteiger partial charge in [-0.3, -0.25) is 4.98 Å². The van der Waals surface area contributed by atoms with E-state index in [-0.39, 0.29) is 6.04 Å². The second-order valence-corrected chi connectivity index (χ2v) is 6.05. The van der Waals surface area contributed by atoms with E-state index in [0.29, 0.717) is 0 Å². The molecule has 0 aliphatic heterocycles. The Balaban J connectivity index is 1.70. The standard InChI is InChI=1S/C17H18N2S/c18-17(8-2-5-14-6-3-11-20-14)16-7-1-4-13-12-19-10-9-15(13)16/h1,3-4,6-7,9-12,17H,2,5,8,18H2. The summed E-state index contributed by atoms with van der Waals surface area (Å²) in [5.41, 5.74) is 7.62. The maximum absolute atomic E-state index is 6.38. The highest BCUT2D eigenvalue weighted by atomic mass is 32.1. The van der Waals surface area contributed by atoms with Crippen molar-refractivity contribution in [2.45, 2.75) is 25.3 Å². The van der Waals surface area contributed by atoms with Crippen molar-refractivity contribution in [2.24, 2.45) is 5.73 Å². The molecule has 2 N–H and O–H groups in total. The van der Waals surface area contributed by atoms with E-state index in [4.69, 9.17) is 5.73 Å². The first-order valence-electron chi connectivity index (χ1n) is 6.95. The Morgan fingerprint density at radius 3 is 2.95 bits per heavy atom. The molecule has 0 saturated heterocycles. The van der Waals surface area contributed by atoms with Crippen LogP contribution in [0.15, 0.2) is 54.2 Å². The van der Waals surface area contributed by atoms with Gasteiger partial charge in [-0.25, -0.2) is 0 Å². The Bertz CT molecular complexity index is 671. The molecule has 0 aliphatic carbocycles. The number of hydrogen-bond acceptors (Lipinski definition) is 3. The fourth-order valence-corrected chi connectivity index (χ4v) is 3.33. The lowest BCUT2D eigenvalue weighted by atomic mass is 9.97. The van der Waals surface area contributed by atoms with Crippen molar-refractivity contribution >= 4 is 22.1 Å². The van der Waals surface area contributed by atoms with Crippen molar-refractivity contribution in [3.8, 4) is 0 Å². The van der Waals surface area contributed by atoms with Gasteiger partial charge in [0, 0.05) is 28.7 Å². The van der Waals surface area contributed by atoms with Gasteiger partial charge in [0.05, 0.1) is 0 Å². The molecule has 0 bridgehead atoms. The first-order valence-corrected chi connectivity index (χ1v) is 7.83. The highest BCUT2D eigenvalue weighted by Gasteiger charge is 2.09. The van der Waals surface area contributed by atoms with Crippen LogP contribution < -0.4 is 5.73 Å². The summed E-state index contributed by atoms with van der Waals surface area (Å²) in [5, 5.41) is 4.53. The smallest absolute Gasteiger partial charge is 0.0346 e. The zero-order valence-corrected chi connectivity index (χ0v) is 12.1. The van der Waals surface area contributed by atoms with E-state index < -0.39 is 0 Å². The van der Waals surface area contributed by atoms with Gasteiger partial charge in [0.1, 0.15) is 0 Å². The van der Waals surface area contributed by atoms with Crippen LogP contribution in [0.1, 0.15) is 29.3 Å². The molecule has 102 valence electrons. The van der Waals surface area contributed by atoms with E-state index in [1.807, 2.05) is 23.7 Å². The van der Waals surface area contributed by atoms with E-state index in [2.05, 4.69) is 46.8 Å². The molecule has 3 rings (SSSR count). The molecule has 0 saturated carbocycles. The minimum atomic E-state index is 0.0982. The van der Waals surface area contributed by atoms with Crippen molar-refractivity contribution in [2.75, 3.05) is 0 Å². The van der Waals surface area contributed by atoms with Crippen LogP contribution in [0.5, 0.6) is 0 Å². The Labute approximate surface area is 123 Å². The summed E-state index contributed by atoms with van der Waals surface area (Å²) >= 11 is 1.82. The third-order valence-corrected chi connectivity index (χ3v) is 4.57. The molecule has 2 nitrogen and oxygen atoms in total. The number of pyridine rings is 1. The Kier molecular flexibility index (Phi) is 4.09. The summed E-state index contributed by atoms with van der Waals surface area (Å²) in [7, 11) is 0. The summed E-state index contributed by atoms with van der Waals surface area (Å²) in [5.74, 6) is 0. The average molecular weight is 282 g/mol. The molecule has 0 fully saturated rings. The zero-order chi connectivity index (χ0) is 13.8. The van der Waals surface area contributed by atoms with Gasteiger partial charge in [0.25, 0.3) is 0 Å². The van der Waals surface area contributed by atoms with E-state index in [0.717, 1.165) is 19.3 Å². The van der Waals surface area contributed by atoms with Crippen LogP contribution in [0, 0.1) is 0 Å². The molecule has 1 unspecified atom stereocenters. The molecule has 1 aromatic carbocycles. The molecule has 0 spiro atoms. The van der Waals surface area contributed by atoms with Crippen molar-refractivity contribution < 1.29 is 0 Å². The molecule has 1 atom stereocenters. The van der Waals surface area contributed by atoms with Gasteiger partial charge in [-0.2, -0.15) is 0 Å². The van der Waals surface area contributed by atoms with Gasteiger partial charge in [-0.1, -0.05) is 24.3 Å². The van der Waals surface area contributed by atoms with Crippen LogP contribution in [0.4, 0.5) is 0 Å². The molecule has 0 radical (unpaired) electrons. The van der Waals surface area contributed by atoms with Crippen LogP contribution in [0.3, 0.4) is 0 Å². The van der Waals surface area contributed by atoms with Gasteiger partial charge >= 0.3 is 0 Å². The summed E-state index contributed by atoms with van der Waals surface area (Å²) in [6, 6.07) is 12.8.